The minimum Gasteiger partial charge on any atom is -0.484 e. The maximum atomic E-state index is 6.02. The third-order valence-electron chi connectivity index (χ3n) is 2.64. The van der Waals surface area contributed by atoms with Crippen molar-refractivity contribution in [2.24, 2.45) is 0 Å². The van der Waals surface area contributed by atoms with Crippen LogP contribution in [0.5, 0.6) is 5.75 Å². The van der Waals surface area contributed by atoms with Crippen molar-refractivity contribution in [3.63, 3.8) is 0 Å². The molecular formula is C13H9Cl2N3O. The molecule has 0 aliphatic heterocycles. The number of benzene rings is 1. The predicted molar refractivity (Wildman–Crippen MR) is 73.8 cm³/mol. The van der Waals surface area contributed by atoms with Gasteiger partial charge in [-0.3, -0.25) is 4.40 Å². The van der Waals surface area contributed by atoms with Crippen molar-refractivity contribution >= 4 is 28.8 Å². The monoisotopic (exact) mass is 293 g/mol. The minimum absolute atomic E-state index is 0.284. The molecule has 96 valence electrons. The van der Waals surface area contributed by atoms with Gasteiger partial charge in [0.25, 0.3) is 0 Å². The Morgan fingerprint density at radius 1 is 1.11 bits per heavy atom. The van der Waals surface area contributed by atoms with Crippen LogP contribution in [0.3, 0.4) is 0 Å². The van der Waals surface area contributed by atoms with Crippen molar-refractivity contribution in [2.45, 2.75) is 6.61 Å². The maximum Gasteiger partial charge on any atom is 0.175 e. The summed E-state index contributed by atoms with van der Waals surface area (Å²) in [4.78, 5) is 0. The average Bonchev–Trinajstić information content (AvgIpc) is 2.80. The highest BCUT2D eigenvalue weighted by Crippen LogP contribution is 2.24. The first-order chi connectivity index (χ1) is 9.24. The Hall–Kier alpha value is -1.78. The second kappa shape index (κ2) is 5.07. The molecule has 0 atom stereocenters. The van der Waals surface area contributed by atoms with Crippen LogP contribution in [0.1, 0.15) is 5.82 Å². The van der Waals surface area contributed by atoms with Gasteiger partial charge in [-0.1, -0.05) is 35.3 Å². The molecule has 0 saturated heterocycles. The van der Waals surface area contributed by atoms with E-state index in [0.717, 1.165) is 0 Å². The highest BCUT2D eigenvalue weighted by molar-refractivity contribution is 6.32. The zero-order valence-electron chi connectivity index (χ0n) is 9.75. The number of fused-ring (bicyclic) bond motifs is 1. The molecule has 0 fully saturated rings. The molecule has 0 bridgehead atoms. The van der Waals surface area contributed by atoms with Crippen LogP contribution in [0, 0.1) is 0 Å². The van der Waals surface area contributed by atoms with Gasteiger partial charge in [0.15, 0.2) is 11.5 Å². The summed E-state index contributed by atoms with van der Waals surface area (Å²) >= 11 is 11.9. The topological polar surface area (TPSA) is 39.4 Å². The minimum atomic E-state index is 0.284. The molecule has 2 aromatic heterocycles. The highest BCUT2D eigenvalue weighted by Gasteiger charge is 2.07. The van der Waals surface area contributed by atoms with Crippen molar-refractivity contribution in [3.8, 4) is 5.75 Å². The zero-order valence-corrected chi connectivity index (χ0v) is 11.3. The molecule has 0 spiro atoms. The fourth-order valence-electron chi connectivity index (χ4n) is 1.72. The van der Waals surface area contributed by atoms with Crippen LogP contribution >= 0.6 is 23.2 Å². The van der Waals surface area contributed by atoms with E-state index in [2.05, 4.69) is 10.2 Å². The summed E-state index contributed by atoms with van der Waals surface area (Å²) in [5.74, 6) is 1.31. The molecule has 0 saturated carbocycles. The van der Waals surface area contributed by atoms with Crippen molar-refractivity contribution in [1.29, 1.82) is 0 Å². The quantitative estimate of drug-likeness (QED) is 0.740. The van der Waals surface area contributed by atoms with Gasteiger partial charge in [-0.05, 0) is 18.2 Å². The molecule has 1 aromatic carbocycles. The Balaban J connectivity index is 1.84. The van der Waals surface area contributed by atoms with E-state index in [1.807, 2.05) is 28.8 Å². The second-order valence-corrected chi connectivity index (χ2v) is 4.75. The Morgan fingerprint density at radius 2 is 1.95 bits per heavy atom. The van der Waals surface area contributed by atoms with Crippen molar-refractivity contribution < 1.29 is 4.74 Å². The average molecular weight is 294 g/mol. The van der Waals surface area contributed by atoms with Crippen LogP contribution in [0.25, 0.3) is 5.65 Å². The number of pyridine rings is 1. The highest BCUT2D eigenvalue weighted by atomic mass is 35.5. The lowest BCUT2D eigenvalue weighted by Crippen LogP contribution is -2.01. The smallest absolute Gasteiger partial charge is 0.175 e. The summed E-state index contributed by atoms with van der Waals surface area (Å²) in [5, 5.41) is 9.29. The molecule has 2 heterocycles. The molecule has 4 nitrogen and oxygen atoms in total. The van der Waals surface area contributed by atoms with Gasteiger partial charge in [0.1, 0.15) is 12.4 Å². The van der Waals surface area contributed by atoms with Crippen molar-refractivity contribution in [1.82, 2.24) is 14.6 Å². The molecule has 0 radical (unpaired) electrons. The first-order valence-electron chi connectivity index (χ1n) is 5.60. The number of halogens is 2. The molecule has 0 aliphatic rings. The molecule has 0 N–H and O–H groups in total. The lowest BCUT2D eigenvalue weighted by Gasteiger charge is -2.06. The Kier molecular flexibility index (Phi) is 3.27. The molecule has 0 unspecified atom stereocenters. The molecule has 3 rings (SSSR count). The summed E-state index contributed by atoms with van der Waals surface area (Å²) in [5.41, 5.74) is 0.685. The van der Waals surface area contributed by atoms with E-state index < -0.39 is 0 Å². The summed E-state index contributed by atoms with van der Waals surface area (Å²) in [7, 11) is 0. The van der Waals surface area contributed by atoms with E-state index in [1.165, 1.54) is 0 Å². The Bertz CT molecular complexity index is 727. The lowest BCUT2D eigenvalue weighted by atomic mass is 10.3. The summed E-state index contributed by atoms with van der Waals surface area (Å²) < 4.78 is 7.45. The number of aromatic nitrogens is 3. The summed E-state index contributed by atoms with van der Waals surface area (Å²) in [6.07, 6.45) is 1.81. The second-order valence-electron chi connectivity index (χ2n) is 3.91. The number of nitrogens with zero attached hydrogens (tertiary/aromatic N) is 3. The molecule has 19 heavy (non-hydrogen) atoms. The van der Waals surface area contributed by atoms with Crippen LogP contribution in [0.15, 0.2) is 42.6 Å². The van der Waals surface area contributed by atoms with Crippen molar-refractivity contribution in [2.75, 3.05) is 0 Å². The van der Waals surface area contributed by atoms with Gasteiger partial charge in [-0.25, -0.2) is 0 Å². The Morgan fingerprint density at radius 3 is 2.79 bits per heavy atom. The van der Waals surface area contributed by atoms with E-state index in [4.69, 9.17) is 27.9 Å². The lowest BCUT2D eigenvalue weighted by molar-refractivity contribution is 0.294. The van der Waals surface area contributed by atoms with Gasteiger partial charge in [0, 0.05) is 17.3 Å². The third-order valence-corrected chi connectivity index (χ3v) is 3.18. The first kappa shape index (κ1) is 12.3. The molecule has 3 aromatic rings. The SMILES string of the molecule is Clc1ccn2c(COc3ccccc3Cl)nnc2c1. The van der Waals surface area contributed by atoms with Crippen LogP contribution in [0.4, 0.5) is 0 Å². The fraction of sp³-hybridized carbons (Fsp3) is 0.0769. The fourth-order valence-corrected chi connectivity index (χ4v) is 2.06. The normalized spacial score (nSPS) is 10.8. The van der Waals surface area contributed by atoms with E-state index in [-0.39, 0.29) is 6.61 Å². The number of hydrogen-bond acceptors (Lipinski definition) is 3. The van der Waals surface area contributed by atoms with Crippen molar-refractivity contribution in [3.05, 3.63) is 58.5 Å². The summed E-state index contributed by atoms with van der Waals surface area (Å²) in [6.45, 7) is 0.284. The van der Waals surface area contributed by atoms with Crippen LogP contribution in [-0.4, -0.2) is 14.6 Å². The van der Waals surface area contributed by atoms with Gasteiger partial charge in [0.05, 0.1) is 5.02 Å². The number of rotatable bonds is 3. The third kappa shape index (κ3) is 2.50. The van der Waals surface area contributed by atoms with Gasteiger partial charge in [0.2, 0.25) is 0 Å². The van der Waals surface area contributed by atoms with E-state index in [9.17, 15) is 0 Å². The predicted octanol–water partition coefficient (Wildman–Crippen LogP) is 3.62. The largest absolute Gasteiger partial charge is 0.484 e. The van der Waals surface area contributed by atoms with Crippen LogP contribution in [0.2, 0.25) is 10.0 Å². The van der Waals surface area contributed by atoms with Crippen LogP contribution < -0.4 is 4.74 Å². The van der Waals surface area contributed by atoms with E-state index >= 15 is 0 Å². The van der Waals surface area contributed by atoms with E-state index in [0.29, 0.717) is 27.3 Å². The maximum absolute atomic E-state index is 6.02. The van der Waals surface area contributed by atoms with Gasteiger partial charge in [-0.2, -0.15) is 0 Å². The zero-order chi connectivity index (χ0) is 13.2. The summed E-state index contributed by atoms with van der Waals surface area (Å²) in [6, 6.07) is 10.8. The van der Waals surface area contributed by atoms with Crippen LogP contribution in [-0.2, 0) is 6.61 Å². The first-order valence-corrected chi connectivity index (χ1v) is 6.36. The molecular weight excluding hydrogens is 285 g/mol. The number of para-hydroxylation sites is 1. The standard InChI is InChI=1S/C13H9Cl2N3O/c14-9-5-6-18-12(7-9)16-17-13(18)8-19-11-4-2-1-3-10(11)15/h1-7H,8H2. The van der Waals surface area contributed by atoms with Gasteiger partial charge < -0.3 is 4.74 Å². The number of ether oxygens (including phenoxy) is 1. The van der Waals surface area contributed by atoms with Gasteiger partial charge >= 0.3 is 0 Å². The van der Waals surface area contributed by atoms with E-state index in [1.54, 1.807) is 18.2 Å². The number of hydrogen-bond donors (Lipinski definition) is 0. The Labute approximate surface area is 119 Å². The molecule has 6 heteroatoms. The van der Waals surface area contributed by atoms with Gasteiger partial charge in [-0.15, -0.1) is 10.2 Å². The molecule has 0 amide bonds. The molecule has 0 aliphatic carbocycles.